The highest BCUT2D eigenvalue weighted by atomic mass is 14.4. The number of allylic oxidation sites excluding steroid dienone is 6. The van der Waals surface area contributed by atoms with E-state index >= 15 is 0 Å². The maximum absolute atomic E-state index is 9.39. The number of nitriles is 2. The average molecular weight is 282 g/mol. The van der Waals surface area contributed by atoms with Gasteiger partial charge in [-0.05, 0) is 53.4 Å². The Labute approximate surface area is 129 Å². The number of rotatable bonds is 5. The van der Waals surface area contributed by atoms with Crippen LogP contribution in [0.25, 0.3) is 0 Å². The fourth-order valence-electron chi connectivity index (χ4n) is 2.84. The van der Waals surface area contributed by atoms with Crippen molar-refractivity contribution in [3.05, 3.63) is 34.9 Å². The van der Waals surface area contributed by atoms with Gasteiger partial charge in [0.2, 0.25) is 0 Å². The molecule has 0 aromatic heterocycles. The lowest BCUT2D eigenvalue weighted by atomic mass is 9.72. The summed E-state index contributed by atoms with van der Waals surface area (Å²) in [6.45, 7) is 8.49. The smallest absolute Gasteiger partial charge is 0.0692 e. The standard InChI is InChI=1S/C19H26N2/c1-14(2)6-5-7-15(3)8-11-18-16(4)9-10-17(12-20)19(18)13-21/h6,8-9,17-19H,5,7,10-11H2,1-4H3. The van der Waals surface area contributed by atoms with Gasteiger partial charge in [0.1, 0.15) is 0 Å². The molecule has 2 heteroatoms. The van der Waals surface area contributed by atoms with Crippen LogP contribution in [0, 0.1) is 40.4 Å². The van der Waals surface area contributed by atoms with Gasteiger partial charge in [-0.15, -0.1) is 0 Å². The Balaban J connectivity index is 2.69. The Kier molecular flexibility index (Phi) is 6.97. The van der Waals surface area contributed by atoms with Crippen LogP contribution in [-0.2, 0) is 0 Å². The molecule has 0 saturated heterocycles. The number of nitrogens with zero attached hydrogens (tertiary/aromatic N) is 2. The number of hydrogen-bond donors (Lipinski definition) is 0. The molecule has 3 unspecified atom stereocenters. The molecule has 0 spiro atoms. The first-order valence-corrected chi connectivity index (χ1v) is 7.74. The van der Waals surface area contributed by atoms with Crippen molar-refractivity contribution in [3.63, 3.8) is 0 Å². The summed E-state index contributed by atoms with van der Waals surface area (Å²) in [7, 11) is 0. The Morgan fingerprint density at radius 3 is 2.52 bits per heavy atom. The molecular weight excluding hydrogens is 256 g/mol. The van der Waals surface area contributed by atoms with E-state index in [1.54, 1.807) is 0 Å². The first kappa shape index (κ1) is 17.3. The highest BCUT2D eigenvalue weighted by Crippen LogP contribution is 2.36. The molecule has 0 aromatic carbocycles. The predicted octanol–water partition coefficient (Wildman–Crippen LogP) is 5.31. The zero-order valence-corrected chi connectivity index (χ0v) is 13.7. The second-order valence-corrected chi connectivity index (χ2v) is 6.29. The van der Waals surface area contributed by atoms with Crippen LogP contribution in [0.15, 0.2) is 34.9 Å². The first-order chi connectivity index (χ1) is 9.99. The molecule has 0 heterocycles. The summed E-state index contributed by atoms with van der Waals surface area (Å²) in [5.74, 6) is -0.114. The van der Waals surface area contributed by atoms with Crippen molar-refractivity contribution in [1.29, 1.82) is 10.5 Å². The monoisotopic (exact) mass is 282 g/mol. The Hall–Kier alpha value is -1.80. The van der Waals surface area contributed by atoms with Gasteiger partial charge < -0.3 is 0 Å². The molecule has 0 aromatic rings. The van der Waals surface area contributed by atoms with Crippen molar-refractivity contribution >= 4 is 0 Å². The van der Waals surface area contributed by atoms with Crippen molar-refractivity contribution < 1.29 is 0 Å². The summed E-state index contributed by atoms with van der Waals surface area (Å²) in [5, 5.41) is 18.6. The summed E-state index contributed by atoms with van der Waals surface area (Å²) < 4.78 is 0. The molecule has 0 saturated carbocycles. The van der Waals surface area contributed by atoms with Crippen LogP contribution >= 0.6 is 0 Å². The lowest BCUT2D eigenvalue weighted by Gasteiger charge is -2.29. The van der Waals surface area contributed by atoms with Crippen LogP contribution in [0.4, 0.5) is 0 Å². The minimum Gasteiger partial charge on any atom is -0.198 e. The summed E-state index contributed by atoms with van der Waals surface area (Å²) in [6.07, 6.45) is 10.4. The summed E-state index contributed by atoms with van der Waals surface area (Å²) in [4.78, 5) is 0. The van der Waals surface area contributed by atoms with Crippen LogP contribution < -0.4 is 0 Å². The largest absolute Gasteiger partial charge is 0.198 e. The van der Waals surface area contributed by atoms with Gasteiger partial charge in [-0.3, -0.25) is 0 Å². The fraction of sp³-hybridized carbons (Fsp3) is 0.579. The van der Waals surface area contributed by atoms with Gasteiger partial charge in [-0.1, -0.05) is 34.9 Å². The first-order valence-electron chi connectivity index (χ1n) is 7.74. The van der Waals surface area contributed by atoms with E-state index in [9.17, 15) is 10.5 Å². The topological polar surface area (TPSA) is 47.6 Å². The van der Waals surface area contributed by atoms with Crippen LogP contribution in [0.1, 0.15) is 53.4 Å². The summed E-state index contributed by atoms with van der Waals surface area (Å²) in [6, 6.07) is 4.66. The van der Waals surface area contributed by atoms with E-state index in [0.717, 1.165) is 25.7 Å². The van der Waals surface area contributed by atoms with E-state index < -0.39 is 0 Å². The van der Waals surface area contributed by atoms with Crippen molar-refractivity contribution in [2.75, 3.05) is 0 Å². The summed E-state index contributed by atoms with van der Waals surface area (Å²) >= 11 is 0. The third-order valence-electron chi connectivity index (χ3n) is 4.27. The van der Waals surface area contributed by atoms with Crippen molar-refractivity contribution in [3.8, 4) is 12.1 Å². The molecular formula is C19H26N2. The van der Waals surface area contributed by atoms with Gasteiger partial charge in [-0.25, -0.2) is 0 Å². The van der Waals surface area contributed by atoms with Crippen molar-refractivity contribution in [2.24, 2.45) is 17.8 Å². The zero-order valence-electron chi connectivity index (χ0n) is 13.7. The quantitative estimate of drug-likeness (QED) is 0.641. The van der Waals surface area contributed by atoms with Crippen LogP contribution in [-0.4, -0.2) is 0 Å². The zero-order chi connectivity index (χ0) is 15.8. The molecule has 1 aliphatic carbocycles. The average Bonchev–Trinajstić information content (AvgIpc) is 2.45. The van der Waals surface area contributed by atoms with Gasteiger partial charge in [0, 0.05) is 5.92 Å². The second kappa shape index (κ2) is 8.48. The van der Waals surface area contributed by atoms with Crippen molar-refractivity contribution in [2.45, 2.75) is 53.4 Å². The van der Waals surface area contributed by atoms with Gasteiger partial charge in [-0.2, -0.15) is 10.5 Å². The maximum Gasteiger partial charge on any atom is 0.0692 e. The Morgan fingerprint density at radius 2 is 1.95 bits per heavy atom. The van der Waals surface area contributed by atoms with Gasteiger partial charge >= 0.3 is 0 Å². The Bertz CT molecular complexity index is 519. The minimum atomic E-state index is -0.165. The van der Waals surface area contributed by atoms with Crippen molar-refractivity contribution in [1.82, 2.24) is 0 Å². The van der Waals surface area contributed by atoms with Crippen LogP contribution in [0.2, 0.25) is 0 Å². The highest BCUT2D eigenvalue weighted by molar-refractivity contribution is 5.20. The van der Waals surface area contributed by atoms with Gasteiger partial charge in [0.15, 0.2) is 0 Å². The molecule has 21 heavy (non-hydrogen) atoms. The summed E-state index contributed by atoms with van der Waals surface area (Å²) in [5.41, 5.74) is 3.99. The molecule has 3 atom stereocenters. The van der Waals surface area contributed by atoms with Crippen LogP contribution in [0.5, 0.6) is 0 Å². The van der Waals surface area contributed by atoms with E-state index in [1.807, 2.05) is 0 Å². The van der Waals surface area contributed by atoms with E-state index in [0.29, 0.717) is 0 Å². The van der Waals surface area contributed by atoms with E-state index in [-0.39, 0.29) is 17.8 Å². The molecule has 0 N–H and O–H groups in total. The fourth-order valence-corrected chi connectivity index (χ4v) is 2.84. The second-order valence-electron chi connectivity index (χ2n) is 6.29. The number of hydrogen-bond acceptors (Lipinski definition) is 2. The molecule has 112 valence electrons. The molecule has 0 aliphatic heterocycles. The molecule has 1 aliphatic rings. The van der Waals surface area contributed by atoms with E-state index in [2.05, 4.69) is 58.1 Å². The molecule has 0 bridgehead atoms. The molecule has 0 amide bonds. The lowest BCUT2D eigenvalue weighted by Crippen LogP contribution is -2.25. The molecule has 0 radical (unpaired) electrons. The molecule has 0 fully saturated rings. The van der Waals surface area contributed by atoms with E-state index in [4.69, 9.17) is 0 Å². The third-order valence-corrected chi connectivity index (χ3v) is 4.27. The molecule has 2 nitrogen and oxygen atoms in total. The highest BCUT2D eigenvalue weighted by Gasteiger charge is 2.32. The third kappa shape index (κ3) is 5.24. The lowest BCUT2D eigenvalue weighted by molar-refractivity contribution is 0.354. The van der Waals surface area contributed by atoms with Crippen LogP contribution in [0.3, 0.4) is 0 Å². The van der Waals surface area contributed by atoms with E-state index in [1.165, 1.54) is 16.7 Å². The molecule has 1 rings (SSSR count). The SMILES string of the molecule is CC(C)=CCCC(C)=CCC1C(C)=CCC(C#N)C1C#N. The minimum absolute atomic E-state index is 0.150. The predicted molar refractivity (Wildman–Crippen MR) is 87.1 cm³/mol. The maximum atomic E-state index is 9.39. The Morgan fingerprint density at radius 1 is 1.24 bits per heavy atom. The van der Waals surface area contributed by atoms with Gasteiger partial charge in [0.25, 0.3) is 0 Å². The normalized spacial score (nSPS) is 25.5. The van der Waals surface area contributed by atoms with Gasteiger partial charge in [0.05, 0.1) is 24.0 Å².